The maximum absolute atomic E-state index is 11.5. The van der Waals surface area contributed by atoms with Gasteiger partial charge in [0.2, 0.25) is 17.8 Å². The number of benzene rings is 4. The molecule has 0 amide bonds. The maximum Gasteiger partial charge on any atom is 0.294 e. The average Bonchev–Trinajstić information content (AvgIpc) is 3.15. The fraction of sp³-hybridized carbons (Fsp3) is 0.129. The van der Waals surface area contributed by atoms with Crippen LogP contribution in [0.4, 0.5) is 52.0 Å². The number of azo groups is 1. The lowest BCUT2D eigenvalue weighted by atomic mass is 10.2. The number of aromatic nitrogens is 3. The van der Waals surface area contributed by atoms with E-state index in [1.165, 1.54) is 32.4 Å². The van der Waals surface area contributed by atoms with E-state index < -0.39 is 26.0 Å². The normalized spacial score (nSPS) is 11.6. The SMILES string of the molecule is COc1cc(N=Nc2cccc(SOOO)c2)ccc1Nc1nc(NCCS(=O)(=O)O)nc(Nc2ccc(NNc3cccc(S(=O)(=O)O)c3)cc2OC)n1. The molecule has 290 valence electrons. The van der Waals surface area contributed by atoms with E-state index in [0.717, 1.165) is 12.0 Å². The molecule has 0 aliphatic carbocycles. The highest BCUT2D eigenvalue weighted by molar-refractivity contribution is 7.94. The highest BCUT2D eigenvalue weighted by Crippen LogP contribution is 2.34. The first-order valence-corrected chi connectivity index (χ1v) is 19.2. The number of hydrogen-bond acceptors (Lipinski definition) is 20. The van der Waals surface area contributed by atoms with Crippen LogP contribution in [0.3, 0.4) is 0 Å². The highest BCUT2D eigenvalue weighted by Gasteiger charge is 2.15. The summed E-state index contributed by atoms with van der Waals surface area (Å²) in [6, 6.07) is 22.2. The molecule has 0 saturated heterocycles. The Morgan fingerprint density at radius 3 is 1.95 bits per heavy atom. The van der Waals surface area contributed by atoms with E-state index in [1.807, 2.05) is 0 Å². The third-order valence-electron chi connectivity index (χ3n) is 6.90. The average molecular weight is 817 g/mol. The third-order valence-corrected chi connectivity index (χ3v) is 9.05. The Morgan fingerprint density at radius 2 is 1.31 bits per heavy atom. The zero-order chi connectivity index (χ0) is 39.4. The van der Waals surface area contributed by atoms with Crippen molar-refractivity contribution in [3.8, 4) is 11.5 Å². The lowest BCUT2D eigenvalue weighted by Crippen LogP contribution is -2.17. The first-order valence-electron chi connectivity index (χ1n) is 15.4. The molecule has 55 heavy (non-hydrogen) atoms. The molecular weight excluding hydrogens is 785 g/mol. The fourth-order valence-electron chi connectivity index (χ4n) is 4.46. The van der Waals surface area contributed by atoms with Crippen molar-refractivity contribution in [1.82, 2.24) is 15.0 Å². The predicted molar refractivity (Wildman–Crippen MR) is 202 cm³/mol. The van der Waals surface area contributed by atoms with Gasteiger partial charge in [0.1, 0.15) is 11.5 Å². The zero-order valence-corrected chi connectivity index (χ0v) is 31.0. The summed E-state index contributed by atoms with van der Waals surface area (Å²) in [5.74, 6) is 0.0337. The van der Waals surface area contributed by atoms with E-state index in [1.54, 1.807) is 66.7 Å². The number of anilines is 7. The Labute approximate surface area is 318 Å². The van der Waals surface area contributed by atoms with Gasteiger partial charge in [0.25, 0.3) is 20.2 Å². The summed E-state index contributed by atoms with van der Waals surface area (Å²) in [6.45, 7) is -0.224. The second-order valence-electron chi connectivity index (χ2n) is 10.7. The smallest absolute Gasteiger partial charge is 0.294 e. The van der Waals surface area contributed by atoms with Gasteiger partial charge in [0.05, 0.1) is 71.0 Å². The Morgan fingerprint density at radius 1 is 0.709 bits per heavy atom. The van der Waals surface area contributed by atoms with Crippen LogP contribution in [0.25, 0.3) is 0 Å². The van der Waals surface area contributed by atoms with Gasteiger partial charge in [-0.15, -0.1) is 4.33 Å². The van der Waals surface area contributed by atoms with Crippen LogP contribution in [-0.2, 0) is 29.6 Å². The largest absolute Gasteiger partial charge is 0.494 e. The van der Waals surface area contributed by atoms with E-state index >= 15 is 0 Å². The minimum atomic E-state index is -4.39. The lowest BCUT2D eigenvalue weighted by Gasteiger charge is -2.16. The van der Waals surface area contributed by atoms with Crippen LogP contribution in [0.15, 0.2) is 105 Å². The lowest BCUT2D eigenvalue weighted by molar-refractivity contribution is -0.432. The second-order valence-corrected chi connectivity index (χ2v) is 14.5. The van der Waals surface area contributed by atoms with Crippen molar-refractivity contribution in [3.63, 3.8) is 0 Å². The molecule has 0 radical (unpaired) electrons. The standard InChI is InChI=1S/C31H32N10O11S3/c1-49-27-17-21(40-38-19-5-3-7-23(15-19)53-52-51-42)9-11-25(27)33-30-35-29(32-13-14-54(43,44)45)36-31(37-30)34-26-12-10-22(18-28(26)50-2)41-39-20-6-4-8-24(16-20)55(46,47)48/h3-12,15-18,39,41-42H,13-14H2,1-2H3,(H,43,44,45)(H,46,47,48)(H3,32,33,34,35,36,37). The van der Waals surface area contributed by atoms with Crippen molar-refractivity contribution >= 4 is 84.2 Å². The molecule has 0 spiro atoms. The Balaban J connectivity index is 1.35. The topological polar surface area (TPSA) is 289 Å². The molecule has 4 aromatic carbocycles. The van der Waals surface area contributed by atoms with Gasteiger partial charge in [-0.2, -0.15) is 42.0 Å². The quantitative estimate of drug-likeness (QED) is 0.0151. The van der Waals surface area contributed by atoms with Gasteiger partial charge in [-0.25, -0.2) is 5.26 Å². The number of nitrogens with zero attached hydrogens (tertiary/aromatic N) is 5. The summed E-state index contributed by atoms with van der Waals surface area (Å²) in [5.41, 5.74) is 8.40. The van der Waals surface area contributed by atoms with Crippen molar-refractivity contribution < 1.29 is 50.0 Å². The molecule has 0 atom stereocenters. The first kappa shape index (κ1) is 40.3. The Kier molecular flexibility index (Phi) is 13.5. The second kappa shape index (κ2) is 18.5. The molecular formula is C31H32N10O11S3. The maximum atomic E-state index is 11.5. The van der Waals surface area contributed by atoms with Gasteiger partial charge in [-0.1, -0.05) is 17.2 Å². The molecule has 1 heterocycles. The molecule has 0 saturated carbocycles. The molecule has 8 N–H and O–H groups in total. The van der Waals surface area contributed by atoms with Gasteiger partial charge < -0.3 is 36.3 Å². The fourth-order valence-corrected chi connectivity index (χ4v) is 5.76. The summed E-state index contributed by atoms with van der Waals surface area (Å²) in [5, 5.41) is 29.3. The molecule has 0 bridgehead atoms. The van der Waals surface area contributed by atoms with Crippen molar-refractivity contribution in [3.05, 3.63) is 84.9 Å². The van der Waals surface area contributed by atoms with Crippen LogP contribution in [-0.4, -0.2) is 72.7 Å². The monoisotopic (exact) mass is 816 g/mol. The van der Waals surface area contributed by atoms with E-state index in [0.29, 0.717) is 50.5 Å². The van der Waals surface area contributed by atoms with Crippen LogP contribution in [0.1, 0.15) is 0 Å². The highest BCUT2D eigenvalue weighted by atomic mass is 32.2. The molecule has 1 aromatic heterocycles. The third kappa shape index (κ3) is 12.3. The molecule has 0 fully saturated rings. The number of rotatable bonds is 19. The van der Waals surface area contributed by atoms with Crippen LogP contribution >= 0.6 is 12.0 Å². The van der Waals surface area contributed by atoms with Crippen LogP contribution in [0.5, 0.6) is 11.5 Å². The molecule has 0 aliphatic heterocycles. The van der Waals surface area contributed by atoms with Gasteiger partial charge in [-0.05, 0) is 60.7 Å². The van der Waals surface area contributed by atoms with Crippen molar-refractivity contribution in [2.75, 3.05) is 53.3 Å². The number of ether oxygens (including phenoxy) is 2. The minimum absolute atomic E-state index is 0.00625. The van der Waals surface area contributed by atoms with Crippen LogP contribution < -0.4 is 36.3 Å². The summed E-state index contributed by atoms with van der Waals surface area (Å²) < 4.78 is 79.7. The summed E-state index contributed by atoms with van der Waals surface area (Å²) >= 11 is 0.780. The van der Waals surface area contributed by atoms with Crippen molar-refractivity contribution in [2.24, 2.45) is 10.2 Å². The zero-order valence-electron chi connectivity index (χ0n) is 28.6. The van der Waals surface area contributed by atoms with Gasteiger partial charge in [-0.3, -0.25) is 9.11 Å². The molecule has 0 aliphatic rings. The molecule has 5 aromatic rings. The Bertz CT molecular complexity index is 2370. The molecule has 0 unspecified atom stereocenters. The molecule has 24 heteroatoms. The Hall–Kier alpha value is -5.86. The number of nitrogens with one attached hydrogen (secondary N) is 5. The van der Waals surface area contributed by atoms with E-state index in [-0.39, 0.29) is 29.3 Å². The van der Waals surface area contributed by atoms with E-state index in [9.17, 15) is 25.9 Å². The van der Waals surface area contributed by atoms with E-state index in [2.05, 4.69) is 61.4 Å². The molecule has 5 rings (SSSR count). The van der Waals surface area contributed by atoms with Crippen molar-refractivity contribution in [1.29, 1.82) is 0 Å². The van der Waals surface area contributed by atoms with Gasteiger partial charge in [0.15, 0.2) is 0 Å². The summed E-state index contributed by atoms with van der Waals surface area (Å²) in [6.07, 6.45) is 0. The molecule has 21 nitrogen and oxygen atoms in total. The minimum Gasteiger partial charge on any atom is -0.494 e. The van der Waals surface area contributed by atoms with Gasteiger partial charge in [0, 0.05) is 23.6 Å². The van der Waals surface area contributed by atoms with E-state index in [4.69, 9.17) is 14.7 Å². The number of hydrogen-bond donors (Lipinski definition) is 8. The van der Waals surface area contributed by atoms with Crippen LogP contribution in [0, 0.1) is 0 Å². The first-order chi connectivity index (χ1) is 26.3. The summed E-state index contributed by atoms with van der Waals surface area (Å²) in [4.78, 5) is 13.4. The van der Waals surface area contributed by atoms with Gasteiger partial charge >= 0.3 is 0 Å². The predicted octanol–water partition coefficient (Wildman–Crippen LogP) is 6.21. The number of methoxy groups -OCH3 is 2. The summed E-state index contributed by atoms with van der Waals surface area (Å²) in [7, 11) is -5.79. The number of hydrazine groups is 1. The van der Waals surface area contributed by atoms with Crippen molar-refractivity contribution in [2.45, 2.75) is 9.79 Å². The van der Waals surface area contributed by atoms with Crippen LogP contribution in [0.2, 0.25) is 0 Å².